The van der Waals surface area contributed by atoms with E-state index in [0.29, 0.717) is 6.54 Å². The van der Waals surface area contributed by atoms with Crippen molar-refractivity contribution in [2.75, 3.05) is 19.8 Å². The van der Waals surface area contributed by atoms with Gasteiger partial charge in [-0.2, -0.15) is 0 Å². The summed E-state index contributed by atoms with van der Waals surface area (Å²) in [6, 6.07) is 0. The zero-order valence-corrected chi connectivity index (χ0v) is 10.9. The molecule has 0 amide bonds. The Morgan fingerprint density at radius 2 is 1.76 bits per heavy atom. The van der Waals surface area contributed by atoms with E-state index >= 15 is 0 Å². The molecule has 102 valence electrons. The van der Waals surface area contributed by atoms with Crippen molar-refractivity contribution in [3.8, 4) is 0 Å². The molecule has 0 rings (SSSR count). The van der Waals surface area contributed by atoms with Crippen molar-refractivity contribution < 1.29 is 15.4 Å². The molecule has 0 unspecified atom stereocenters. The molecule has 6 N–H and O–H groups in total. The number of amidine groups is 1. The van der Waals surface area contributed by atoms with Crippen LogP contribution in [0.4, 0.5) is 0 Å². The van der Waals surface area contributed by atoms with Crippen LogP contribution in [-0.4, -0.2) is 46.6 Å². The standard InChI is InChI=1S/C11H25N3O3/c1-10(2,9(12)14-17)5-4-6-13-11(3,7-15)8-16/h13,15-17H,4-8H2,1-3H3,(H2,12,14). The third kappa shape index (κ3) is 5.34. The Balaban J connectivity index is 4.01. The van der Waals surface area contributed by atoms with Gasteiger partial charge in [0.2, 0.25) is 0 Å². The van der Waals surface area contributed by atoms with E-state index in [-0.39, 0.29) is 24.5 Å². The maximum Gasteiger partial charge on any atom is 0.144 e. The lowest BCUT2D eigenvalue weighted by atomic mass is 9.86. The molecule has 0 aromatic rings. The highest BCUT2D eigenvalue weighted by Crippen LogP contribution is 2.22. The molecule has 0 saturated carbocycles. The number of aliphatic hydroxyl groups is 2. The van der Waals surface area contributed by atoms with Gasteiger partial charge in [0.05, 0.1) is 18.8 Å². The van der Waals surface area contributed by atoms with Crippen LogP contribution in [0.1, 0.15) is 33.6 Å². The second-order valence-corrected chi connectivity index (χ2v) is 5.28. The molecule has 6 nitrogen and oxygen atoms in total. The molecule has 17 heavy (non-hydrogen) atoms. The van der Waals surface area contributed by atoms with Crippen molar-refractivity contribution in [1.29, 1.82) is 0 Å². The topological polar surface area (TPSA) is 111 Å². The molecule has 0 atom stereocenters. The highest BCUT2D eigenvalue weighted by atomic mass is 16.4. The molecule has 0 aliphatic heterocycles. The van der Waals surface area contributed by atoms with Crippen LogP contribution in [0, 0.1) is 5.41 Å². The van der Waals surface area contributed by atoms with Gasteiger partial charge in [-0.05, 0) is 26.3 Å². The van der Waals surface area contributed by atoms with Crippen LogP contribution >= 0.6 is 0 Å². The molecule has 0 aromatic carbocycles. The van der Waals surface area contributed by atoms with E-state index in [2.05, 4.69) is 10.5 Å². The lowest BCUT2D eigenvalue weighted by molar-refractivity contribution is 0.104. The third-order valence-electron chi connectivity index (χ3n) is 3.03. The number of hydrogen-bond donors (Lipinski definition) is 5. The number of nitrogens with zero attached hydrogens (tertiary/aromatic N) is 1. The molecule has 0 saturated heterocycles. The molecule has 0 spiro atoms. The highest BCUT2D eigenvalue weighted by molar-refractivity contribution is 5.85. The van der Waals surface area contributed by atoms with E-state index in [4.69, 9.17) is 21.2 Å². The van der Waals surface area contributed by atoms with Crippen molar-refractivity contribution in [3.05, 3.63) is 0 Å². The minimum atomic E-state index is -0.652. The quantitative estimate of drug-likeness (QED) is 0.135. The van der Waals surface area contributed by atoms with E-state index in [1.165, 1.54) is 0 Å². The van der Waals surface area contributed by atoms with Crippen LogP contribution in [0.3, 0.4) is 0 Å². The van der Waals surface area contributed by atoms with Crippen LogP contribution in [0.2, 0.25) is 0 Å². The summed E-state index contributed by atoms with van der Waals surface area (Å²) in [7, 11) is 0. The van der Waals surface area contributed by atoms with Gasteiger partial charge in [-0.15, -0.1) is 0 Å². The Labute approximate surface area is 103 Å². The summed E-state index contributed by atoms with van der Waals surface area (Å²) in [5, 5.41) is 32.9. The number of nitrogens with two attached hydrogens (primary N) is 1. The lowest BCUT2D eigenvalue weighted by Gasteiger charge is -2.28. The van der Waals surface area contributed by atoms with Crippen LogP contribution in [0.25, 0.3) is 0 Å². The van der Waals surface area contributed by atoms with Gasteiger partial charge in [0.1, 0.15) is 5.84 Å². The van der Waals surface area contributed by atoms with Crippen molar-refractivity contribution in [1.82, 2.24) is 5.32 Å². The summed E-state index contributed by atoms with van der Waals surface area (Å²) >= 11 is 0. The van der Waals surface area contributed by atoms with Gasteiger partial charge in [-0.1, -0.05) is 19.0 Å². The summed E-state index contributed by atoms with van der Waals surface area (Å²) in [5.41, 5.74) is 4.56. The van der Waals surface area contributed by atoms with E-state index in [9.17, 15) is 0 Å². The Bertz CT molecular complexity index is 250. The first-order valence-electron chi connectivity index (χ1n) is 5.76. The van der Waals surface area contributed by atoms with Gasteiger partial charge in [0.25, 0.3) is 0 Å². The molecular weight excluding hydrogens is 222 g/mol. The van der Waals surface area contributed by atoms with Gasteiger partial charge in [-0.3, -0.25) is 0 Å². The first kappa shape index (κ1) is 16.1. The number of oxime groups is 1. The van der Waals surface area contributed by atoms with Crippen molar-refractivity contribution in [3.63, 3.8) is 0 Å². The molecule has 0 aliphatic carbocycles. The lowest BCUT2D eigenvalue weighted by Crippen LogP contribution is -2.49. The Morgan fingerprint density at radius 1 is 1.24 bits per heavy atom. The first-order chi connectivity index (χ1) is 7.81. The van der Waals surface area contributed by atoms with Crippen LogP contribution in [0.5, 0.6) is 0 Å². The molecule has 0 fully saturated rings. The SMILES string of the molecule is CC(CO)(CO)NCCCC(C)(C)C(N)=NO. The largest absolute Gasteiger partial charge is 0.409 e. The minimum Gasteiger partial charge on any atom is -0.409 e. The summed E-state index contributed by atoms with van der Waals surface area (Å²) in [6.45, 7) is 5.97. The Morgan fingerprint density at radius 3 is 2.18 bits per heavy atom. The zero-order chi connectivity index (χ0) is 13.5. The molecule has 0 bridgehead atoms. The third-order valence-corrected chi connectivity index (χ3v) is 3.03. The van der Waals surface area contributed by atoms with Crippen LogP contribution < -0.4 is 11.1 Å². The average molecular weight is 247 g/mol. The maximum atomic E-state index is 9.08. The molecule has 0 radical (unpaired) electrons. The Hall–Kier alpha value is -0.850. The van der Waals surface area contributed by atoms with E-state index < -0.39 is 5.54 Å². The molecule has 0 heterocycles. The van der Waals surface area contributed by atoms with Gasteiger partial charge in [0, 0.05) is 5.41 Å². The number of nitrogens with one attached hydrogen (secondary N) is 1. The van der Waals surface area contributed by atoms with E-state index in [0.717, 1.165) is 12.8 Å². The van der Waals surface area contributed by atoms with Crippen molar-refractivity contribution in [2.45, 2.75) is 39.2 Å². The fourth-order valence-corrected chi connectivity index (χ4v) is 1.35. The fourth-order valence-electron chi connectivity index (χ4n) is 1.35. The van der Waals surface area contributed by atoms with Gasteiger partial charge < -0.3 is 26.5 Å². The molecular formula is C11H25N3O3. The van der Waals surface area contributed by atoms with E-state index in [1.54, 1.807) is 6.92 Å². The monoisotopic (exact) mass is 247 g/mol. The molecule has 6 heteroatoms. The second kappa shape index (κ2) is 6.78. The van der Waals surface area contributed by atoms with E-state index in [1.807, 2.05) is 13.8 Å². The fraction of sp³-hybridized carbons (Fsp3) is 0.909. The second-order valence-electron chi connectivity index (χ2n) is 5.28. The maximum absolute atomic E-state index is 9.08. The summed E-state index contributed by atoms with van der Waals surface area (Å²) in [5.74, 6) is 0.213. The predicted octanol–water partition coefficient (Wildman–Crippen LogP) is -0.128. The van der Waals surface area contributed by atoms with Crippen molar-refractivity contribution >= 4 is 5.84 Å². The molecule has 0 aromatic heterocycles. The zero-order valence-electron chi connectivity index (χ0n) is 10.9. The van der Waals surface area contributed by atoms with Crippen molar-refractivity contribution in [2.24, 2.45) is 16.3 Å². The van der Waals surface area contributed by atoms with Gasteiger partial charge in [0.15, 0.2) is 0 Å². The predicted molar refractivity (Wildman–Crippen MR) is 67.0 cm³/mol. The molecule has 0 aliphatic rings. The van der Waals surface area contributed by atoms with Gasteiger partial charge in [-0.25, -0.2) is 0 Å². The highest BCUT2D eigenvalue weighted by Gasteiger charge is 2.24. The number of hydrogen-bond acceptors (Lipinski definition) is 5. The van der Waals surface area contributed by atoms with Gasteiger partial charge >= 0.3 is 0 Å². The summed E-state index contributed by atoms with van der Waals surface area (Å²) in [6.07, 6.45) is 1.56. The number of aliphatic hydroxyl groups excluding tert-OH is 2. The average Bonchev–Trinajstić information content (AvgIpc) is 2.33. The first-order valence-corrected chi connectivity index (χ1v) is 5.76. The summed E-state index contributed by atoms with van der Waals surface area (Å²) < 4.78 is 0. The minimum absolute atomic E-state index is 0.118. The Kier molecular flexibility index (Phi) is 6.44. The van der Waals surface area contributed by atoms with Crippen LogP contribution in [0.15, 0.2) is 5.16 Å². The smallest absolute Gasteiger partial charge is 0.144 e. The summed E-state index contributed by atoms with van der Waals surface area (Å²) in [4.78, 5) is 0. The number of rotatable bonds is 8. The normalized spacial score (nSPS) is 14.1. The van der Waals surface area contributed by atoms with Crippen LogP contribution in [-0.2, 0) is 0 Å².